The van der Waals surface area contributed by atoms with Crippen LogP contribution in [0.4, 0.5) is 5.13 Å². The lowest BCUT2D eigenvalue weighted by atomic mass is 9.95. The van der Waals surface area contributed by atoms with E-state index in [0.717, 1.165) is 11.1 Å². The van der Waals surface area contributed by atoms with E-state index in [2.05, 4.69) is 4.98 Å². The van der Waals surface area contributed by atoms with Gasteiger partial charge in [-0.1, -0.05) is 60.1 Å². The molecule has 7 heteroatoms. The van der Waals surface area contributed by atoms with Crippen LogP contribution in [-0.4, -0.2) is 29.0 Å². The van der Waals surface area contributed by atoms with E-state index < -0.39 is 11.9 Å². The number of carboxylic acid groups (broad SMARTS) is 1. The molecule has 1 atom stereocenters. The summed E-state index contributed by atoms with van der Waals surface area (Å²) in [4.78, 5) is 30.2. The zero-order chi connectivity index (χ0) is 20.1. The van der Waals surface area contributed by atoms with Crippen LogP contribution < -0.4 is 4.90 Å². The molecule has 1 amide bonds. The van der Waals surface area contributed by atoms with Gasteiger partial charge in [0.05, 0.1) is 18.0 Å². The van der Waals surface area contributed by atoms with Gasteiger partial charge in [0.15, 0.2) is 5.13 Å². The van der Waals surface area contributed by atoms with E-state index in [1.807, 2.05) is 53.9 Å². The lowest BCUT2D eigenvalue weighted by Crippen LogP contribution is -2.35. The van der Waals surface area contributed by atoms with E-state index in [0.29, 0.717) is 22.3 Å². The summed E-state index contributed by atoms with van der Waals surface area (Å²) in [5.41, 5.74) is 2.40. The number of halogens is 1. The SMILES string of the molecule is CN(C(=O)C(CC(=O)O)Cc1ccccc1)c1nc(-c2ccccc2Cl)cs1. The van der Waals surface area contributed by atoms with Crippen molar-refractivity contribution in [1.82, 2.24) is 4.98 Å². The van der Waals surface area contributed by atoms with Gasteiger partial charge in [-0.15, -0.1) is 11.3 Å². The summed E-state index contributed by atoms with van der Waals surface area (Å²) >= 11 is 7.55. The molecule has 0 saturated carbocycles. The molecule has 3 rings (SSSR count). The third-order valence-corrected chi connectivity index (χ3v) is 5.60. The van der Waals surface area contributed by atoms with Crippen LogP contribution in [0.1, 0.15) is 12.0 Å². The Balaban J connectivity index is 1.81. The highest BCUT2D eigenvalue weighted by atomic mass is 35.5. The fourth-order valence-electron chi connectivity index (χ4n) is 2.94. The van der Waals surface area contributed by atoms with E-state index in [4.69, 9.17) is 11.6 Å². The second kappa shape index (κ2) is 8.99. The molecular weight excluding hydrogens is 396 g/mol. The van der Waals surface area contributed by atoms with Crippen LogP contribution in [0.3, 0.4) is 0 Å². The van der Waals surface area contributed by atoms with Gasteiger partial charge >= 0.3 is 5.97 Å². The number of amides is 1. The average molecular weight is 415 g/mol. The van der Waals surface area contributed by atoms with Crippen LogP contribution in [0, 0.1) is 5.92 Å². The molecule has 0 aliphatic rings. The van der Waals surface area contributed by atoms with Crippen molar-refractivity contribution in [2.24, 2.45) is 5.92 Å². The maximum absolute atomic E-state index is 13.0. The number of hydrogen-bond donors (Lipinski definition) is 1. The van der Waals surface area contributed by atoms with Crippen molar-refractivity contribution in [3.8, 4) is 11.3 Å². The molecule has 1 heterocycles. The number of anilines is 1. The van der Waals surface area contributed by atoms with Crippen molar-refractivity contribution in [3.63, 3.8) is 0 Å². The predicted molar refractivity (Wildman–Crippen MR) is 112 cm³/mol. The molecule has 0 aliphatic heterocycles. The topological polar surface area (TPSA) is 70.5 Å². The van der Waals surface area contributed by atoms with Crippen LogP contribution >= 0.6 is 22.9 Å². The second-order valence-corrected chi connectivity index (χ2v) is 7.62. The van der Waals surface area contributed by atoms with Crippen LogP contribution in [0.15, 0.2) is 60.0 Å². The predicted octanol–water partition coefficient (Wildman–Crippen LogP) is 4.76. The maximum Gasteiger partial charge on any atom is 0.304 e. The number of thiazole rings is 1. The molecule has 3 aromatic rings. The minimum atomic E-state index is -1.00. The minimum Gasteiger partial charge on any atom is -0.481 e. The number of rotatable bonds is 7. The van der Waals surface area contributed by atoms with Crippen molar-refractivity contribution < 1.29 is 14.7 Å². The Hall–Kier alpha value is -2.70. The summed E-state index contributed by atoms with van der Waals surface area (Å²) in [6, 6.07) is 16.8. The Bertz CT molecular complexity index is 975. The van der Waals surface area contributed by atoms with Crippen molar-refractivity contribution >= 4 is 39.9 Å². The largest absolute Gasteiger partial charge is 0.481 e. The van der Waals surface area contributed by atoms with Crippen LogP contribution in [-0.2, 0) is 16.0 Å². The van der Waals surface area contributed by atoms with Gasteiger partial charge in [0.2, 0.25) is 5.91 Å². The van der Waals surface area contributed by atoms with Crippen molar-refractivity contribution in [1.29, 1.82) is 0 Å². The molecule has 0 radical (unpaired) electrons. The van der Waals surface area contributed by atoms with Crippen molar-refractivity contribution in [2.75, 3.05) is 11.9 Å². The third-order valence-electron chi connectivity index (χ3n) is 4.35. The van der Waals surface area contributed by atoms with Gasteiger partial charge in [-0.3, -0.25) is 14.5 Å². The van der Waals surface area contributed by atoms with E-state index in [-0.39, 0.29) is 12.3 Å². The highest BCUT2D eigenvalue weighted by molar-refractivity contribution is 7.14. The normalized spacial score (nSPS) is 11.8. The molecule has 0 bridgehead atoms. The zero-order valence-corrected chi connectivity index (χ0v) is 16.8. The van der Waals surface area contributed by atoms with Crippen LogP contribution in [0.5, 0.6) is 0 Å². The molecular formula is C21H19ClN2O3S. The van der Waals surface area contributed by atoms with Gasteiger partial charge in [-0.05, 0) is 18.1 Å². The molecule has 0 saturated heterocycles. The quantitative estimate of drug-likeness (QED) is 0.605. The van der Waals surface area contributed by atoms with Gasteiger partial charge < -0.3 is 5.11 Å². The number of carboxylic acids is 1. The number of benzene rings is 2. The van der Waals surface area contributed by atoms with E-state index >= 15 is 0 Å². The number of aliphatic carboxylic acids is 1. The molecule has 0 aliphatic carbocycles. The van der Waals surface area contributed by atoms with Gasteiger partial charge in [0, 0.05) is 23.0 Å². The molecule has 1 aromatic heterocycles. The first kappa shape index (κ1) is 20.0. The fourth-order valence-corrected chi connectivity index (χ4v) is 3.96. The Morgan fingerprint density at radius 1 is 1.14 bits per heavy atom. The fraction of sp³-hybridized carbons (Fsp3) is 0.190. The van der Waals surface area contributed by atoms with Gasteiger partial charge in [0.1, 0.15) is 0 Å². The molecule has 0 fully saturated rings. The van der Waals surface area contributed by atoms with E-state index in [1.54, 1.807) is 13.1 Å². The highest BCUT2D eigenvalue weighted by Gasteiger charge is 2.27. The average Bonchev–Trinajstić information content (AvgIpc) is 3.17. The molecule has 144 valence electrons. The zero-order valence-electron chi connectivity index (χ0n) is 15.2. The number of aromatic nitrogens is 1. The van der Waals surface area contributed by atoms with Gasteiger partial charge in [0.25, 0.3) is 0 Å². The van der Waals surface area contributed by atoms with Crippen molar-refractivity contribution in [3.05, 3.63) is 70.6 Å². The molecule has 0 spiro atoms. The van der Waals surface area contributed by atoms with E-state index in [9.17, 15) is 14.7 Å². The van der Waals surface area contributed by atoms with Crippen molar-refractivity contribution in [2.45, 2.75) is 12.8 Å². The Labute approximate surface area is 172 Å². The number of carbonyl (C=O) groups is 2. The first-order valence-electron chi connectivity index (χ1n) is 8.69. The Morgan fingerprint density at radius 3 is 2.50 bits per heavy atom. The molecule has 5 nitrogen and oxygen atoms in total. The first-order valence-corrected chi connectivity index (χ1v) is 9.95. The number of nitrogens with zero attached hydrogens (tertiary/aromatic N) is 2. The van der Waals surface area contributed by atoms with Crippen LogP contribution in [0.25, 0.3) is 11.3 Å². The summed E-state index contributed by atoms with van der Waals surface area (Å²) in [5.74, 6) is -1.94. The number of hydrogen-bond acceptors (Lipinski definition) is 4. The summed E-state index contributed by atoms with van der Waals surface area (Å²) in [6.45, 7) is 0. The number of carbonyl (C=O) groups excluding carboxylic acids is 1. The standard InChI is InChI=1S/C21H19ClN2O3S/c1-24(21-23-18(13-28-21)16-9-5-6-10-17(16)22)20(27)15(12-19(25)26)11-14-7-3-2-4-8-14/h2-10,13,15H,11-12H2,1H3,(H,25,26). The smallest absolute Gasteiger partial charge is 0.304 e. The lowest BCUT2D eigenvalue weighted by Gasteiger charge is -2.21. The molecule has 1 unspecified atom stereocenters. The van der Waals surface area contributed by atoms with Gasteiger partial charge in [-0.2, -0.15) is 0 Å². The lowest BCUT2D eigenvalue weighted by molar-refractivity contribution is -0.140. The van der Waals surface area contributed by atoms with E-state index in [1.165, 1.54) is 16.2 Å². The second-order valence-electron chi connectivity index (χ2n) is 6.38. The maximum atomic E-state index is 13.0. The summed E-state index contributed by atoms with van der Waals surface area (Å²) < 4.78 is 0. The first-order chi connectivity index (χ1) is 13.5. The monoisotopic (exact) mass is 414 g/mol. The molecule has 1 N–H and O–H groups in total. The summed E-state index contributed by atoms with van der Waals surface area (Å²) in [5, 5.41) is 12.2. The Morgan fingerprint density at radius 2 is 1.82 bits per heavy atom. The Kier molecular flexibility index (Phi) is 6.44. The third kappa shape index (κ3) is 4.77. The van der Waals surface area contributed by atoms with Gasteiger partial charge in [-0.25, -0.2) is 4.98 Å². The highest BCUT2D eigenvalue weighted by Crippen LogP contribution is 2.32. The molecule has 28 heavy (non-hydrogen) atoms. The summed E-state index contributed by atoms with van der Waals surface area (Å²) in [6.07, 6.45) is 0.125. The summed E-state index contributed by atoms with van der Waals surface area (Å²) in [7, 11) is 1.62. The minimum absolute atomic E-state index is 0.235. The molecule has 2 aromatic carbocycles. The van der Waals surface area contributed by atoms with Crippen LogP contribution in [0.2, 0.25) is 5.02 Å².